The Morgan fingerprint density at radius 3 is 2.68 bits per heavy atom. The zero-order chi connectivity index (χ0) is 23.5. The van der Waals surface area contributed by atoms with Crippen molar-refractivity contribution in [3.05, 3.63) is 59.9 Å². The van der Waals surface area contributed by atoms with Crippen molar-refractivity contribution in [3.8, 4) is 11.1 Å². The van der Waals surface area contributed by atoms with Crippen LogP contribution in [0.15, 0.2) is 52.9 Å². The topological polar surface area (TPSA) is 83.8 Å². The van der Waals surface area contributed by atoms with E-state index in [1.165, 1.54) is 0 Å². The van der Waals surface area contributed by atoms with E-state index in [0.717, 1.165) is 55.4 Å². The molecule has 2 amide bonds. The lowest BCUT2D eigenvalue weighted by Crippen LogP contribution is -2.57. The summed E-state index contributed by atoms with van der Waals surface area (Å²) in [4.78, 5) is 28.0. The predicted molar refractivity (Wildman–Crippen MR) is 131 cm³/mol. The normalized spacial score (nSPS) is 21.5. The van der Waals surface area contributed by atoms with Crippen molar-refractivity contribution in [2.75, 3.05) is 39.9 Å². The van der Waals surface area contributed by atoms with Gasteiger partial charge in [0.1, 0.15) is 5.58 Å². The molecule has 0 spiro atoms. The molecule has 1 aromatic heterocycles. The highest BCUT2D eigenvalue weighted by atomic mass is 16.5. The number of methoxy groups -OCH3 is 1. The zero-order valence-electron chi connectivity index (χ0n) is 19.5. The van der Waals surface area contributed by atoms with Crippen molar-refractivity contribution in [3.63, 3.8) is 0 Å². The molecule has 1 atom stereocenters. The van der Waals surface area contributed by atoms with Crippen LogP contribution < -0.4 is 10.6 Å². The minimum absolute atomic E-state index is 0.123. The Bertz CT molecular complexity index is 1180. The standard InChI is InChI=1S/C27H31N3O4/c1-33-14-4-11-28-26(31)21-7-2-5-19(15-21)22-8-3-6-20-16-24(34-25(20)22)27(32)29-23-17-30-12-9-18(23)10-13-30/h2-3,5-8,15-16,18,23H,4,9-14,17H2,1H3,(H,28,31)(H,29,32). The third-order valence-corrected chi connectivity index (χ3v) is 6.99. The highest BCUT2D eigenvalue weighted by Gasteiger charge is 2.35. The van der Waals surface area contributed by atoms with Crippen LogP contribution in [-0.2, 0) is 4.74 Å². The van der Waals surface area contributed by atoms with Gasteiger partial charge in [0.05, 0.1) is 0 Å². The largest absolute Gasteiger partial charge is 0.450 e. The lowest BCUT2D eigenvalue weighted by atomic mass is 9.84. The molecule has 0 radical (unpaired) electrons. The van der Waals surface area contributed by atoms with E-state index in [1.54, 1.807) is 13.2 Å². The zero-order valence-corrected chi connectivity index (χ0v) is 19.5. The number of fused-ring (bicyclic) bond motifs is 4. The molecule has 3 aromatic rings. The molecule has 6 rings (SSSR count). The number of ether oxygens (including phenoxy) is 1. The number of rotatable bonds is 8. The van der Waals surface area contributed by atoms with Crippen LogP contribution in [0.3, 0.4) is 0 Å². The molecule has 3 saturated heterocycles. The van der Waals surface area contributed by atoms with E-state index in [1.807, 2.05) is 42.5 Å². The Hall–Kier alpha value is -3.16. The lowest BCUT2D eigenvalue weighted by Gasteiger charge is -2.44. The number of carbonyl (C=O) groups excluding carboxylic acids is 2. The van der Waals surface area contributed by atoms with Crippen LogP contribution in [0.5, 0.6) is 0 Å². The summed E-state index contributed by atoms with van der Waals surface area (Å²) in [6, 6.07) is 15.3. The third-order valence-electron chi connectivity index (χ3n) is 6.99. The summed E-state index contributed by atoms with van der Waals surface area (Å²) >= 11 is 0. The number of nitrogens with zero attached hydrogens (tertiary/aromatic N) is 1. The first-order valence-electron chi connectivity index (χ1n) is 12.1. The molecule has 2 aromatic carbocycles. The summed E-state index contributed by atoms with van der Waals surface area (Å²) in [5, 5.41) is 6.99. The molecule has 3 fully saturated rings. The molecule has 3 aliphatic rings. The molecule has 0 aliphatic carbocycles. The van der Waals surface area contributed by atoms with Gasteiger partial charge in [-0.25, -0.2) is 0 Å². The van der Waals surface area contributed by atoms with E-state index < -0.39 is 0 Å². The van der Waals surface area contributed by atoms with E-state index >= 15 is 0 Å². The summed E-state index contributed by atoms with van der Waals surface area (Å²) in [5.41, 5.74) is 2.96. The third kappa shape index (κ3) is 4.72. The van der Waals surface area contributed by atoms with Gasteiger partial charge in [-0.15, -0.1) is 0 Å². The van der Waals surface area contributed by atoms with Gasteiger partial charge in [0.15, 0.2) is 5.76 Å². The smallest absolute Gasteiger partial charge is 0.287 e. The van der Waals surface area contributed by atoms with Crippen molar-refractivity contribution in [1.82, 2.24) is 15.5 Å². The molecule has 2 N–H and O–H groups in total. The van der Waals surface area contributed by atoms with Crippen molar-refractivity contribution in [1.29, 1.82) is 0 Å². The molecule has 3 aliphatic heterocycles. The quantitative estimate of drug-likeness (QED) is 0.500. The van der Waals surface area contributed by atoms with Crippen LogP contribution in [0.2, 0.25) is 0 Å². The highest BCUT2D eigenvalue weighted by molar-refractivity contribution is 6.01. The van der Waals surface area contributed by atoms with Crippen molar-refractivity contribution in [2.45, 2.75) is 25.3 Å². The maximum Gasteiger partial charge on any atom is 0.287 e. The average Bonchev–Trinajstić information content (AvgIpc) is 3.32. The summed E-state index contributed by atoms with van der Waals surface area (Å²) < 4.78 is 11.1. The van der Waals surface area contributed by atoms with E-state index in [4.69, 9.17) is 9.15 Å². The van der Waals surface area contributed by atoms with E-state index in [0.29, 0.717) is 36.0 Å². The minimum Gasteiger partial charge on any atom is -0.450 e. The van der Waals surface area contributed by atoms with Gasteiger partial charge in [0.2, 0.25) is 0 Å². The molecule has 34 heavy (non-hydrogen) atoms. The number of hydrogen-bond donors (Lipinski definition) is 2. The summed E-state index contributed by atoms with van der Waals surface area (Å²) in [7, 11) is 1.65. The van der Waals surface area contributed by atoms with Crippen molar-refractivity contribution in [2.24, 2.45) is 5.92 Å². The van der Waals surface area contributed by atoms with Gasteiger partial charge in [0, 0.05) is 49.4 Å². The minimum atomic E-state index is -0.162. The molecule has 1 unspecified atom stereocenters. The Balaban J connectivity index is 1.35. The summed E-state index contributed by atoms with van der Waals surface area (Å²) in [5.74, 6) is 0.593. The fourth-order valence-electron chi connectivity index (χ4n) is 5.12. The SMILES string of the molecule is COCCCNC(=O)c1cccc(-c2cccc3cc(C(=O)NC4CN5CCC4CC5)oc23)c1. The van der Waals surface area contributed by atoms with Gasteiger partial charge in [-0.1, -0.05) is 30.3 Å². The second-order valence-electron chi connectivity index (χ2n) is 9.24. The number of piperidine rings is 3. The number of amides is 2. The average molecular weight is 462 g/mol. The van der Waals surface area contributed by atoms with E-state index in [9.17, 15) is 9.59 Å². The molecule has 0 saturated carbocycles. The number of hydrogen-bond acceptors (Lipinski definition) is 5. The fourth-order valence-corrected chi connectivity index (χ4v) is 5.12. The molecule has 7 nitrogen and oxygen atoms in total. The molecule has 178 valence electrons. The number of furan rings is 1. The maximum atomic E-state index is 13.0. The van der Waals surface area contributed by atoms with Crippen LogP contribution in [0.4, 0.5) is 0 Å². The van der Waals surface area contributed by atoms with Gasteiger partial charge in [-0.3, -0.25) is 9.59 Å². The van der Waals surface area contributed by atoms with Crippen LogP contribution in [0, 0.1) is 5.92 Å². The molecule has 2 bridgehead atoms. The highest BCUT2D eigenvalue weighted by Crippen LogP contribution is 2.32. The number of nitrogens with one attached hydrogen (secondary N) is 2. The molecular formula is C27H31N3O4. The summed E-state index contributed by atoms with van der Waals surface area (Å²) in [6.07, 6.45) is 3.05. The number of benzene rings is 2. The van der Waals surface area contributed by atoms with E-state index in [-0.39, 0.29) is 17.9 Å². The van der Waals surface area contributed by atoms with Crippen molar-refractivity contribution >= 4 is 22.8 Å². The second-order valence-corrected chi connectivity index (χ2v) is 9.24. The van der Waals surface area contributed by atoms with Crippen LogP contribution in [0.25, 0.3) is 22.1 Å². The van der Waals surface area contributed by atoms with Crippen LogP contribution in [-0.4, -0.2) is 62.7 Å². The Kier molecular flexibility index (Phi) is 6.65. The number of carbonyl (C=O) groups is 2. The first kappa shape index (κ1) is 22.6. The van der Waals surface area contributed by atoms with Crippen LogP contribution in [0.1, 0.15) is 40.2 Å². The van der Waals surface area contributed by atoms with E-state index in [2.05, 4.69) is 15.5 Å². The molecule has 7 heteroatoms. The molecule has 4 heterocycles. The fraction of sp³-hybridized carbons (Fsp3) is 0.407. The Morgan fingerprint density at radius 1 is 1.09 bits per heavy atom. The predicted octanol–water partition coefficient (Wildman–Crippen LogP) is 3.69. The maximum absolute atomic E-state index is 13.0. The van der Waals surface area contributed by atoms with Gasteiger partial charge in [-0.05, 0) is 62.0 Å². The first-order valence-corrected chi connectivity index (χ1v) is 12.1. The Labute approximate surface area is 199 Å². The van der Waals surface area contributed by atoms with Crippen LogP contribution >= 0.6 is 0 Å². The van der Waals surface area contributed by atoms with Gasteiger partial charge < -0.3 is 24.7 Å². The monoisotopic (exact) mass is 461 g/mol. The van der Waals surface area contributed by atoms with Gasteiger partial charge in [0.25, 0.3) is 11.8 Å². The second kappa shape index (κ2) is 9.99. The lowest BCUT2D eigenvalue weighted by molar-refractivity contribution is 0.0607. The number of para-hydroxylation sites is 1. The first-order chi connectivity index (χ1) is 16.6. The van der Waals surface area contributed by atoms with Gasteiger partial charge >= 0.3 is 0 Å². The van der Waals surface area contributed by atoms with Gasteiger partial charge in [-0.2, -0.15) is 0 Å². The Morgan fingerprint density at radius 2 is 1.91 bits per heavy atom. The summed E-state index contributed by atoms with van der Waals surface area (Å²) in [6.45, 7) is 4.35. The van der Waals surface area contributed by atoms with Crippen molar-refractivity contribution < 1.29 is 18.7 Å². The molecular weight excluding hydrogens is 430 g/mol.